The number of carbonyl (C=O) groups is 1. The molecule has 0 spiro atoms. The number of carbonyl (C=O) groups excluding carboxylic acids is 1. The highest BCUT2D eigenvalue weighted by atomic mass is 16.1. The highest BCUT2D eigenvalue weighted by molar-refractivity contribution is 5.86. The second kappa shape index (κ2) is 4.74. The third kappa shape index (κ3) is 2.26. The summed E-state index contributed by atoms with van der Waals surface area (Å²) in [7, 11) is 0. The molecule has 1 aromatic heterocycles. The summed E-state index contributed by atoms with van der Waals surface area (Å²) in [6, 6.07) is 8.40. The Balaban J connectivity index is 2.44. The fourth-order valence-electron chi connectivity index (χ4n) is 2.11. The number of hydrogen-bond donors (Lipinski definition) is 0. The fraction of sp³-hybridized carbons (Fsp3) is 0.400. The molecule has 0 saturated carbocycles. The van der Waals surface area contributed by atoms with Crippen LogP contribution in [-0.2, 0) is 17.8 Å². The minimum absolute atomic E-state index is 0.0984. The van der Waals surface area contributed by atoms with Crippen molar-refractivity contribution in [3.05, 3.63) is 36.0 Å². The minimum atomic E-state index is 0.0984. The second-order valence-corrected chi connectivity index (χ2v) is 4.77. The van der Waals surface area contributed by atoms with Gasteiger partial charge in [-0.1, -0.05) is 39.0 Å². The van der Waals surface area contributed by atoms with E-state index in [-0.39, 0.29) is 11.7 Å². The molecule has 0 saturated heterocycles. The van der Waals surface area contributed by atoms with Gasteiger partial charge in [0.25, 0.3) is 0 Å². The first kappa shape index (κ1) is 11.9. The maximum absolute atomic E-state index is 11.8. The summed E-state index contributed by atoms with van der Waals surface area (Å²) < 4.78 is 2.08. The normalized spacial score (nSPS) is 11.3. The van der Waals surface area contributed by atoms with Crippen LogP contribution in [0.15, 0.2) is 30.5 Å². The number of fused-ring (bicyclic) bond motifs is 1. The Bertz CT molecular complexity index is 537. The number of aromatic nitrogens is 1. The third-order valence-corrected chi connectivity index (χ3v) is 3.22. The number of aryl methyl sites for hydroxylation is 1. The maximum Gasteiger partial charge on any atom is 0.155 e. The Hall–Kier alpha value is -1.57. The van der Waals surface area contributed by atoms with Crippen LogP contribution < -0.4 is 0 Å². The summed E-state index contributed by atoms with van der Waals surface area (Å²) in [5.41, 5.74) is 2.52. The molecule has 1 heterocycles. The number of Topliss-reactive ketones (excluding diaryl/α,β-unsaturated/α-hetero) is 1. The molecule has 0 radical (unpaired) electrons. The van der Waals surface area contributed by atoms with E-state index in [0.717, 1.165) is 6.42 Å². The van der Waals surface area contributed by atoms with Gasteiger partial charge in [0, 0.05) is 12.1 Å². The van der Waals surface area contributed by atoms with Crippen molar-refractivity contribution in [1.29, 1.82) is 0 Å². The topological polar surface area (TPSA) is 22.0 Å². The average Bonchev–Trinajstić information content (AvgIpc) is 2.72. The first-order valence-corrected chi connectivity index (χ1v) is 6.23. The number of hydrogen-bond acceptors (Lipinski definition) is 1. The van der Waals surface area contributed by atoms with Gasteiger partial charge >= 0.3 is 0 Å². The van der Waals surface area contributed by atoms with Gasteiger partial charge in [-0.05, 0) is 23.4 Å². The van der Waals surface area contributed by atoms with E-state index in [1.807, 2.05) is 20.0 Å². The molecular weight excluding hydrogens is 210 g/mol. The van der Waals surface area contributed by atoms with E-state index in [2.05, 4.69) is 35.8 Å². The van der Waals surface area contributed by atoms with Gasteiger partial charge in [-0.3, -0.25) is 4.79 Å². The monoisotopic (exact) mass is 229 g/mol. The quantitative estimate of drug-likeness (QED) is 0.787. The number of benzene rings is 1. The van der Waals surface area contributed by atoms with E-state index in [1.165, 1.54) is 16.5 Å². The second-order valence-electron chi connectivity index (χ2n) is 4.77. The predicted molar refractivity (Wildman–Crippen MR) is 71.2 cm³/mol. The Morgan fingerprint density at radius 1 is 1.29 bits per heavy atom. The SMILES string of the molecule is CCc1cccc2ccn(CC(=O)C(C)C)c12. The van der Waals surface area contributed by atoms with E-state index < -0.39 is 0 Å². The molecular formula is C15H19NO. The van der Waals surface area contributed by atoms with Crippen molar-refractivity contribution in [2.75, 3.05) is 0 Å². The molecule has 0 aliphatic rings. The van der Waals surface area contributed by atoms with Crippen LogP contribution in [0.25, 0.3) is 10.9 Å². The number of ketones is 1. The number of para-hydroxylation sites is 1. The lowest BCUT2D eigenvalue weighted by molar-refractivity contribution is -0.122. The molecule has 0 N–H and O–H groups in total. The first-order valence-electron chi connectivity index (χ1n) is 6.23. The van der Waals surface area contributed by atoms with Gasteiger partial charge < -0.3 is 4.57 Å². The van der Waals surface area contributed by atoms with Crippen molar-refractivity contribution in [3.63, 3.8) is 0 Å². The highest BCUT2D eigenvalue weighted by Crippen LogP contribution is 2.21. The standard InChI is InChI=1S/C15H19NO/c1-4-12-6-5-7-13-8-9-16(15(12)13)10-14(17)11(2)3/h5-9,11H,4,10H2,1-3H3. The Morgan fingerprint density at radius 3 is 2.71 bits per heavy atom. The van der Waals surface area contributed by atoms with Crippen LogP contribution in [0, 0.1) is 5.92 Å². The van der Waals surface area contributed by atoms with Gasteiger partial charge in [-0.2, -0.15) is 0 Å². The summed E-state index contributed by atoms with van der Waals surface area (Å²) >= 11 is 0. The Kier molecular flexibility index (Phi) is 3.32. The first-order chi connectivity index (χ1) is 8.13. The minimum Gasteiger partial charge on any atom is -0.340 e. The van der Waals surface area contributed by atoms with E-state index in [1.54, 1.807) is 0 Å². The number of nitrogens with zero attached hydrogens (tertiary/aromatic N) is 1. The van der Waals surface area contributed by atoms with Crippen LogP contribution in [0.3, 0.4) is 0 Å². The molecule has 0 aliphatic carbocycles. The third-order valence-electron chi connectivity index (χ3n) is 3.22. The summed E-state index contributed by atoms with van der Waals surface area (Å²) in [5, 5.41) is 1.22. The molecule has 0 fully saturated rings. The van der Waals surface area contributed by atoms with E-state index >= 15 is 0 Å². The van der Waals surface area contributed by atoms with Gasteiger partial charge in [-0.25, -0.2) is 0 Å². The maximum atomic E-state index is 11.8. The molecule has 0 aliphatic heterocycles. The van der Waals surface area contributed by atoms with Crippen LogP contribution in [0.5, 0.6) is 0 Å². The van der Waals surface area contributed by atoms with Crippen LogP contribution in [-0.4, -0.2) is 10.4 Å². The van der Waals surface area contributed by atoms with E-state index in [9.17, 15) is 4.79 Å². The summed E-state index contributed by atoms with van der Waals surface area (Å²) in [5.74, 6) is 0.384. The molecule has 2 rings (SSSR count). The predicted octanol–water partition coefficient (Wildman–Crippen LogP) is 3.43. The smallest absolute Gasteiger partial charge is 0.155 e. The fourth-order valence-corrected chi connectivity index (χ4v) is 2.11. The van der Waals surface area contributed by atoms with Crippen molar-refractivity contribution < 1.29 is 4.79 Å². The molecule has 2 nitrogen and oxygen atoms in total. The van der Waals surface area contributed by atoms with Crippen molar-refractivity contribution in [2.24, 2.45) is 5.92 Å². The van der Waals surface area contributed by atoms with Gasteiger partial charge in [0.1, 0.15) is 0 Å². The lowest BCUT2D eigenvalue weighted by atomic mass is 10.1. The Labute approximate surface area is 102 Å². The molecule has 0 bridgehead atoms. The summed E-state index contributed by atoms with van der Waals surface area (Å²) in [6.45, 7) is 6.54. The zero-order valence-electron chi connectivity index (χ0n) is 10.7. The lowest BCUT2D eigenvalue weighted by Crippen LogP contribution is -2.15. The molecule has 2 aromatic rings. The molecule has 1 aromatic carbocycles. The number of rotatable bonds is 4. The van der Waals surface area contributed by atoms with Crippen LogP contribution in [0.1, 0.15) is 26.3 Å². The van der Waals surface area contributed by atoms with E-state index in [4.69, 9.17) is 0 Å². The van der Waals surface area contributed by atoms with Crippen molar-refractivity contribution in [2.45, 2.75) is 33.7 Å². The molecule has 17 heavy (non-hydrogen) atoms. The van der Waals surface area contributed by atoms with Crippen LogP contribution in [0.4, 0.5) is 0 Å². The average molecular weight is 229 g/mol. The largest absolute Gasteiger partial charge is 0.340 e. The van der Waals surface area contributed by atoms with Crippen LogP contribution >= 0.6 is 0 Å². The molecule has 0 amide bonds. The van der Waals surface area contributed by atoms with Gasteiger partial charge in [0.2, 0.25) is 0 Å². The van der Waals surface area contributed by atoms with Crippen molar-refractivity contribution >= 4 is 16.7 Å². The van der Waals surface area contributed by atoms with Gasteiger partial charge in [-0.15, -0.1) is 0 Å². The zero-order chi connectivity index (χ0) is 12.4. The van der Waals surface area contributed by atoms with E-state index in [0.29, 0.717) is 6.54 Å². The molecule has 90 valence electrons. The van der Waals surface area contributed by atoms with Crippen molar-refractivity contribution in [3.8, 4) is 0 Å². The summed E-state index contributed by atoms with van der Waals surface area (Å²) in [6.07, 6.45) is 3.02. The summed E-state index contributed by atoms with van der Waals surface area (Å²) in [4.78, 5) is 11.8. The Morgan fingerprint density at radius 2 is 2.06 bits per heavy atom. The van der Waals surface area contributed by atoms with Gasteiger partial charge in [0.05, 0.1) is 12.1 Å². The highest BCUT2D eigenvalue weighted by Gasteiger charge is 2.11. The molecule has 2 heteroatoms. The zero-order valence-corrected chi connectivity index (χ0v) is 10.7. The van der Waals surface area contributed by atoms with Crippen LogP contribution in [0.2, 0.25) is 0 Å². The lowest BCUT2D eigenvalue weighted by Gasteiger charge is -2.09. The van der Waals surface area contributed by atoms with Crippen molar-refractivity contribution in [1.82, 2.24) is 4.57 Å². The molecule has 0 unspecified atom stereocenters. The molecule has 0 atom stereocenters. The van der Waals surface area contributed by atoms with Gasteiger partial charge in [0.15, 0.2) is 5.78 Å².